The Morgan fingerprint density at radius 1 is 1.03 bits per heavy atom. The molecule has 4 rings (SSSR count). The quantitative estimate of drug-likeness (QED) is 0.546. The first-order valence-electron chi connectivity index (χ1n) is 9.69. The summed E-state index contributed by atoms with van der Waals surface area (Å²) in [5.41, 5.74) is 3.99. The molecule has 1 atom stereocenters. The highest BCUT2D eigenvalue weighted by atomic mass is 16.1. The van der Waals surface area contributed by atoms with Gasteiger partial charge in [0.25, 0.3) is 5.91 Å². The molecule has 0 radical (unpaired) electrons. The Labute approximate surface area is 169 Å². The van der Waals surface area contributed by atoms with E-state index in [2.05, 4.69) is 29.2 Å². The van der Waals surface area contributed by atoms with E-state index in [1.54, 1.807) is 18.6 Å². The van der Waals surface area contributed by atoms with Crippen LogP contribution in [0.1, 0.15) is 48.8 Å². The van der Waals surface area contributed by atoms with Crippen LogP contribution in [0.4, 0.5) is 0 Å². The summed E-state index contributed by atoms with van der Waals surface area (Å²) in [6.07, 6.45) is 5.18. The van der Waals surface area contributed by atoms with Crippen molar-refractivity contribution in [3.8, 4) is 11.3 Å². The zero-order valence-electron chi connectivity index (χ0n) is 16.7. The predicted octanol–water partition coefficient (Wildman–Crippen LogP) is 4.57. The van der Waals surface area contributed by atoms with Gasteiger partial charge < -0.3 is 5.32 Å². The van der Waals surface area contributed by atoms with Crippen molar-refractivity contribution in [2.24, 2.45) is 0 Å². The Kier molecular flexibility index (Phi) is 5.08. The maximum Gasteiger partial charge on any atom is 0.252 e. The van der Waals surface area contributed by atoms with Gasteiger partial charge in [-0.25, -0.2) is 9.67 Å². The molecule has 6 nitrogen and oxygen atoms in total. The Hall–Kier alpha value is -3.54. The van der Waals surface area contributed by atoms with E-state index in [-0.39, 0.29) is 18.0 Å². The highest BCUT2D eigenvalue weighted by Gasteiger charge is 2.20. The van der Waals surface area contributed by atoms with E-state index in [0.717, 1.165) is 22.2 Å². The van der Waals surface area contributed by atoms with E-state index >= 15 is 0 Å². The lowest BCUT2D eigenvalue weighted by Gasteiger charge is -2.15. The number of benzene rings is 1. The second-order valence-electron chi connectivity index (χ2n) is 7.32. The zero-order valence-corrected chi connectivity index (χ0v) is 16.7. The van der Waals surface area contributed by atoms with Gasteiger partial charge in [-0.05, 0) is 44.5 Å². The second-order valence-corrected chi connectivity index (χ2v) is 7.32. The van der Waals surface area contributed by atoms with Crippen LogP contribution in [0.25, 0.3) is 22.3 Å². The van der Waals surface area contributed by atoms with Gasteiger partial charge in [0.05, 0.1) is 28.9 Å². The Morgan fingerprint density at radius 3 is 2.45 bits per heavy atom. The summed E-state index contributed by atoms with van der Waals surface area (Å²) < 4.78 is 1.85. The monoisotopic (exact) mass is 385 g/mol. The minimum atomic E-state index is -0.151. The minimum absolute atomic E-state index is 0.137. The van der Waals surface area contributed by atoms with Crippen LogP contribution in [0.5, 0.6) is 0 Å². The predicted molar refractivity (Wildman–Crippen MR) is 113 cm³/mol. The van der Waals surface area contributed by atoms with Crippen molar-refractivity contribution in [3.63, 3.8) is 0 Å². The van der Waals surface area contributed by atoms with Crippen molar-refractivity contribution in [3.05, 3.63) is 78.2 Å². The molecule has 0 aliphatic heterocycles. The van der Waals surface area contributed by atoms with Gasteiger partial charge in [0.1, 0.15) is 0 Å². The van der Waals surface area contributed by atoms with Gasteiger partial charge in [-0.3, -0.25) is 9.78 Å². The number of hydrogen-bond acceptors (Lipinski definition) is 4. The van der Waals surface area contributed by atoms with Crippen LogP contribution in [-0.2, 0) is 0 Å². The number of hydrogen-bond donors (Lipinski definition) is 1. The third-order valence-corrected chi connectivity index (χ3v) is 4.92. The van der Waals surface area contributed by atoms with E-state index in [4.69, 9.17) is 4.98 Å². The number of amides is 1. The Morgan fingerprint density at radius 2 is 1.76 bits per heavy atom. The molecule has 4 aromatic rings. The topological polar surface area (TPSA) is 72.7 Å². The van der Waals surface area contributed by atoms with Crippen molar-refractivity contribution >= 4 is 16.9 Å². The molecule has 0 saturated carbocycles. The van der Waals surface area contributed by atoms with E-state index in [1.807, 2.05) is 60.1 Å². The summed E-state index contributed by atoms with van der Waals surface area (Å²) in [6, 6.07) is 15.5. The van der Waals surface area contributed by atoms with Crippen LogP contribution in [0, 0.1) is 0 Å². The van der Waals surface area contributed by atoms with E-state index in [9.17, 15) is 4.79 Å². The van der Waals surface area contributed by atoms with Crippen molar-refractivity contribution in [2.75, 3.05) is 0 Å². The third-order valence-electron chi connectivity index (χ3n) is 4.92. The second kappa shape index (κ2) is 7.83. The van der Waals surface area contributed by atoms with E-state index in [1.165, 1.54) is 0 Å². The zero-order chi connectivity index (χ0) is 20.4. The largest absolute Gasteiger partial charge is 0.345 e. The summed E-state index contributed by atoms with van der Waals surface area (Å²) in [5.74, 6) is -0.151. The lowest BCUT2D eigenvalue weighted by atomic mass is 10.1. The summed E-state index contributed by atoms with van der Waals surface area (Å²) >= 11 is 0. The summed E-state index contributed by atoms with van der Waals surface area (Å²) in [4.78, 5) is 22.1. The van der Waals surface area contributed by atoms with Crippen LogP contribution in [0.2, 0.25) is 0 Å². The fraction of sp³-hybridized carbons (Fsp3) is 0.217. The first-order valence-corrected chi connectivity index (χ1v) is 9.69. The molecule has 1 N–H and O–H groups in total. The summed E-state index contributed by atoms with van der Waals surface area (Å²) in [7, 11) is 0. The average Bonchev–Trinajstić information content (AvgIpc) is 3.18. The van der Waals surface area contributed by atoms with Gasteiger partial charge in [-0.1, -0.05) is 30.3 Å². The van der Waals surface area contributed by atoms with Crippen molar-refractivity contribution < 1.29 is 4.79 Å². The number of nitrogens with one attached hydrogen (secondary N) is 1. The molecule has 0 saturated heterocycles. The number of aromatic nitrogens is 4. The number of rotatable bonds is 5. The lowest BCUT2D eigenvalue weighted by Crippen LogP contribution is -2.27. The smallest absolute Gasteiger partial charge is 0.252 e. The maximum atomic E-state index is 13.2. The van der Waals surface area contributed by atoms with Crippen LogP contribution in [0.3, 0.4) is 0 Å². The standard InChI is InChI=1S/C23H23N5O/c1-15(2)28-22-20(14-25-28)19(13-21(27-22)18-7-5-4-6-8-18)23(29)26-16(3)17-9-11-24-12-10-17/h4-16H,1-3H3,(H,26,29)/t16-/m0/s1. The van der Waals surface area contributed by atoms with Gasteiger partial charge in [0.15, 0.2) is 5.65 Å². The highest BCUT2D eigenvalue weighted by Crippen LogP contribution is 2.27. The minimum Gasteiger partial charge on any atom is -0.345 e. The molecule has 0 unspecified atom stereocenters. The van der Waals surface area contributed by atoms with E-state index < -0.39 is 0 Å². The molecule has 1 amide bonds. The number of carbonyl (C=O) groups excluding carboxylic acids is 1. The fourth-order valence-electron chi connectivity index (χ4n) is 3.35. The first-order chi connectivity index (χ1) is 14.0. The molecular formula is C23H23N5O. The first kappa shape index (κ1) is 18.8. The molecule has 0 aliphatic carbocycles. The number of fused-ring (bicyclic) bond motifs is 1. The SMILES string of the molecule is CC(C)n1ncc2c(C(=O)N[C@@H](C)c3ccncc3)cc(-c3ccccc3)nc21. The molecule has 29 heavy (non-hydrogen) atoms. The fourth-order valence-corrected chi connectivity index (χ4v) is 3.35. The molecule has 1 aromatic carbocycles. The van der Waals surface area contributed by atoms with E-state index in [0.29, 0.717) is 11.2 Å². The third kappa shape index (κ3) is 3.74. The Bertz CT molecular complexity index is 1140. The number of pyridine rings is 2. The average molecular weight is 385 g/mol. The molecule has 3 aromatic heterocycles. The maximum absolute atomic E-state index is 13.2. The van der Waals surface area contributed by atoms with Gasteiger partial charge in [-0.2, -0.15) is 5.10 Å². The van der Waals surface area contributed by atoms with Gasteiger partial charge in [0, 0.05) is 24.0 Å². The number of nitrogens with zero attached hydrogens (tertiary/aromatic N) is 4. The molecule has 146 valence electrons. The summed E-state index contributed by atoms with van der Waals surface area (Å²) in [6.45, 7) is 6.06. The van der Waals surface area contributed by atoms with Crippen LogP contribution < -0.4 is 5.32 Å². The van der Waals surface area contributed by atoms with Crippen LogP contribution in [-0.4, -0.2) is 25.7 Å². The van der Waals surface area contributed by atoms with Gasteiger partial charge >= 0.3 is 0 Å². The molecule has 0 bridgehead atoms. The summed E-state index contributed by atoms with van der Waals surface area (Å²) in [5, 5.41) is 8.31. The van der Waals surface area contributed by atoms with Crippen LogP contribution >= 0.6 is 0 Å². The molecule has 0 aliphatic rings. The molecule has 6 heteroatoms. The lowest BCUT2D eigenvalue weighted by molar-refractivity contribution is 0.0941. The Balaban J connectivity index is 1.79. The van der Waals surface area contributed by atoms with Crippen molar-refractivity contribution in [1.29, 1.82) is 0 Å². The molecular weight excluding hydrogens is 362 g/mol. The van der Waals surface area contributed by atoms with Crippen molar-refractivity contribution in [2.45, 2.75) is 32.9 Å². The molecule has 0 spiro atoms. The van der Waals surface area contributed by atoms with Crippen molar-refractivity contribution in [1.82, 2.24) is 25.1 Å². The van der Waals surface area contributed by atoms with Gasteiger partial charge in [0.2, 0.25) is 0 Å². The molecule has 0 fully saturated rings. The normalized spacial score (nSPS) is 12.3. The van der Waals surface area contributed by atoms with Crippen LogP contribution in [0.15, 0.2) is 67.1 Å². The highest BCUT2D eigenvalue weighted by molar-refractivity contribution is 6.06. The molecule has 3 heterocycles. The van der Waals surface area contributed by atoms with Gasteiger partial charge in [-0.15, -0.1) is 0 Å². The number of carbonyl (C=O) groups is 1.